The smallest absolute Gasteiger partial charge is 0.146 e. The number of aryl methyl sites for hydroxylation is 1. The minimum Gasteiger partial charge on any atom is -0.382 e. The lowest BCUT2D eigenvalue weighted by atomic mass is 10.0. The number of rotatable bonds is 8. The van der Waals surface area contributed by atoms with Gasteiger partial charge in [-0.05, 0) is 49.6 Å². The molecule has 1 aromatic carbocycles. The van der Waals surface area contributed by atoms with Crippen LogP contribution in [0.15, 0.2) is 73.1 Å². The highest BCUT2D eigenvalue weighted by molar-refractivity contribution is 5.60. The number of nitrogens with two attached hydrogens (primary N) is 1. The number of nitrogen functional groups attached to an aromatic ring is 1. The van der Waals surface area contributed by atoms with Crippen LogP contribution in [0.4, 0.5) is 11.5 Å². The van der Waals surface area contributed by atoms with E-state index in [2.05, 4.69) is 39.7 Å². The topological polar surface area (TPSA) is 75.9 Å². The quantitative estimate of drug-likeness (QED) is 0.478. The molecule has 154 valence electrons. The number of aromatic nitrogens is 2. The normalized spacial score (nSPS) is 11.2. The van der Waals surface area contributed by atoms with Gasteiger partial charge in [-0.1, -0.05) is 49.4 Å². The predicted octanol–water partition coefficient (Wildman–Crippen LogP) is 4.99. The van der Waals surface area contributed by atoms with Gasteiger partial charge in [0.25, 0.3) is 0 Å². The molecular weight excluding hydrogens is 346 g/mol. The highest BCUT2D eigenvalue weighted by Crippen LogP contribution is 2.14. The Balaban J connectivity index is 0. The van der Waals surface area contributed by atoms with Gasteiger partial charge >= 0.3 is 0 Å². The SMILES string of the molecule is Cc1ccc([C@H](C)CNCCCNc2cccnc2N)cn1.[HH].[HH].[HH].c1ccccc1. The summed E-state index contributed by atoms with van der Waals surface area (Å²) in [5.74, 6) is 1.02. The van der Waals surface area contributed by atoms with Crippen LogP contribution in [-0.2, 0) is 0 Å². The molecule has 0 fully saturated rings. The maximum Gasteiger partial charge on any atom is 0.146 e. The Morgan fingerprint density at radius 3 is 2.29 bits per heavy atom. The summed E-state index contributed by atoms with van der Waals surface area (Å²) in [6.45, 7) is 7.03. The highest BCUT2D eigenvalue weighted by atomic mass is 15.0. The lowest BCUT2D eigenvalue weighted by Gasteiger charge is -2.13. The zero-order valence-corrected chi connectivity index (χ0v) is 16.8. The Bertz CT molecular complexity index is 762. The van der Waals surface area contributed by atoms with Crippen LogP contribution in [0.1, 0.15) is 34.8 Å². The van der Waals surface area contributed by atoms with Crippen molar-refractivity contribution in [3.63, 3.8) is 0 Å². The van der Waals surface area contributed by atoms with E-state index < -0.39 is 0 Å². The Kier molecular flexibility index (Phi) is 9.52. The van der Waals surface area contributed by atoms with E-state index in [-0.39, 0.29) is 4.28 Å². The zero-order chi connectivity index (χ0) is 20.0. The average molecular weight is 384 g/mol. The Labute approximate surface area is 172 Å². The van der Waals surface area contributed by atoms with Gasteiger partial charge < -0.3 is 16.4 Å². The fraction of sp³-hybridized carbons (Fsp3) is 0.304. The molecule has 0 radical (unpaired) electrons. The van der Waals surface area contributed by atoms with Crippen molar-refractivity contribution in [3.05, 3.63) is 84.3 Å². The minimum absolute atomic E-state index is 0. The molecule has 1 atom stereocenters. The molecule has 0 saturated carbocycles. The molecule has 0 aliphatic rings. The fourth-order valence-electron chi connectivity index (χ4n) is 2.60. The Morgan fingerprint density at radius 1 is 0.964 bits per heavy atom. The lowest BCUT2D eigenvalue weighted by Crippen LogP contribution is -2.23. The van der Waals surface area contributed by atoms with Crippen molar-refractivity contribution in [1.29, 1.82) is 0 Å². The first-order valence-electron chi connectivity index (χ1n) is 9.74. The first-order valence-corrected chi connectivity index (χ1v) is 9.74. The van der Waals surface area contributed by atoms with Crippen molar-refractivity contribution in [1.82, 2.24) is 15.3 Å². The molecule has 0 unspecified atom stereocenters. The third-order valence-electron chi connectivity index (χ3n) is 4.30. The molecule has 5 heteroatoms. The van der Waals surface area contributed by atoms with E-state index in [9.17, 15) is 0 Å². The number of hydrogen-bond acceptors (Lipinski definition) is 5. The van der Waals surface area contributed by atoms with Crippen LogP contribution in [0.3, 0.4) is 0 Å². The van der Waals surface area contributed by atoms with E-state index in [1.165, 1.54) is 5.56 Å². The summed E-state index contributed by atoms with van der Waals surface area (Å²) in [7, 11) is 0. The summed E-state index contributed by atoms with van der Waals surface area (Å²) in [4.78, 5) is 8.39. The van der Waals surface area contributed by atoms with Crippen LogP contribution in [0.25, 0.3) is 0 Å². The van der Waals surface area contributed by atoms with E-state index in [1.807, 2.05) is 61.7 Å². The number of pyridine rings is 2. The second-order valence-corrected chi connectivity index (χ2v) is 6.71. The molecule has 0 spiro atoms. The fourth-order valence-corrected chi connectivity index (χ4v) is 2.60. The summed E-state index contributed by atoms with van der Waals surface area (Å²) in [6, 6.07) is 20.0. The zero-order valence-electron chi connectivity index (χ0n) is 16.8. The summed E-state index contributed by atoms with van der Waals surface area (Å²) in [5, 5.41) is 6.79. The Hall–Kier alpha value is -2.92. The largest absolute Gasteiger partial charge is 0.382 e. The van der Waals surface area contributed by atoms with Gasteiger partial charge in [0.15, 0.2) is 0 Å². The van der Waals surface area contributed by atoms with Crippen molar-refractivity contribution in [2.75, 3.05) is 30.7 Å². The lowest BCUT2D eigenvalue weighted by molar-refractivity contribution is 0.602. The molecule has 0 saturated heterocycles. The van der Waals surface area contributed by atoms with Crippen LogP contribution in [0.5, 0.6) is 0 Å². The third-order valence-corrected chi connectivity index (χ3v) is 4.30. The monoisotopic (exact) mass is 383 g/mol. The standard InChI is InChI=1S/C17H25N5.C6H6.3H2/c1-13(15-7-6-14(2)22-12-15)11-19-8-4-10-20-16-5-3-9-21-17(16)18;1-2-4-6-5-3-1;;;/h3,5-7,9,12-13,19-20H,4,8,10-11H2,1-2H3,(H2,18,21);1-6H;3*1H/t13-;;;;/m1..../s1. The van der Waals surface area contributed by atoms with Gasteiger partial charge in [0.1, 0.15) is 5.82 Å². The summed E-state index contributed by atoms with van der Waals surface area (Å²) < 4.78 is 0. The van der Waals surface area contributed by atoms with Crippen LogP contribution in [-0.4, -0.2) is 29.6 Å². The molecule has 2 aromatic heterocycles. The van der Waals surface area contributed by atoms with Gasteiger partial charge in [0.2, 0.25) is 0 Å². The van der Waals surface area contributed by atoms with Crippen LogP contribution < -0.4 is 16.4 Å². The van der Waals surface area contributed by atoms with E-state index >= 15 is 0 Å². The van der Waals surface area contributed by atoms with Gasteiger partial charge in [0.05, 0.1) is 5.69 Å². The maximum absolute atomic E-state index is 5.78. The third kappa shape index (κ3) is 8.18. The molecule has 0 bridgehead atoms. The Morgan fingerprint density at radius 2 is 1.68 bits per heavy atom. The number of hydrogen-bond donors (Lipinski definition) is 3. The highest BCUT2D eigenvalue weighted by Gasteiger charge is 2.05. The summed E-state index contributed by atoms with van der Waals surface area (Å²) in [6.07, 6.45) is 4.70. The van der Waals surface area contributed by atoms with Gasteiger partial charge in [0, 0.05) is 35.5 Å². The predicted molar refractivity (Wildman–Crippen MR) is 125 cm³/mol. The van der Waals surface area contributed by atoms with Gasteiger partial charge in [-0.2, -0.15) is 0 Å². The molecule has 0 aliphatic heterocycles. The molecule has 4 N–H and O–H groups in total. The number of anilines is 2. The maximum atomic E-state index is 5.78. The number of nitrogens with one attached hydrogen (secondary N) is 2. The van der Waals surface area contributed by atoms with Crippen molar-refractivity contribution < 1.29 is 4.28 Å². The van der Waals surface area contributed by atoms with Crippen LogP contribution >= 0.6 is 0 Å². The van der Waals surface area contributed by atoms with E-state index in [0.29, 0.717) is 11.7 Å². The van der Waals surface area contributed by atoms with Gasteiger partial charge in [-0.3, -0.25) is 4.98 Å². The summed E-state index contributed by atoms with van der Waals surface area (Å²) in [5.41, 5.74) is 9.02. The van der Waals surface area contributed by atoms with Gasteiger partial charge in [-0.15, -0.1) is 0 Å². The van der Waals surface area contributed by atoms with E-state index in [4.69, 9.17) is 5.73 Å². The van der Waals surface area contributed by atoms with Crippen molar-refractivity contribution >= 4 is 11.5 Å². The van der Waals surface area contributed by atoms with Gasteiger partial charge in [-0.25, -0.2) is 4.98 Å². The van der Waals surface area contributed by atoms with Crippen molar-refractivity contribution in [2.24, 2.45) is 0 Å². The molecule has 0 amide bonds. The average Bonchev–Trinajstić information content (AvgIpc) is 2.74. The van der Waals surface area contributed by atoms with Crippen molar-refractivity contribution in [2.45, 2.75) is 26.2 Å². The molecular formula is C23H37N5. The van der Waals surface area contributed by atoms with Crippen LogP contribution in [0.2, 0.25) is 0 Å². The molecule has 0 aliphatic carbocycles. The molecule has 2 heterocycles. The van der Waals surface area contributed by atoms with E-state index in [0.717, 1.165) is 37.4 Å². The first kappa shape index (κ1) is 21.4. The number of nitrogens with zero attached hydrogens (tertiary/aromatic N) is 2. The minimum atomic E-state index is 0. The number of benzene rings is 1. The second-order valence-electron chi connectivity index (χ2n) is 6.71. The molecule has 5 nitrogen and oxygen atoms in total. The molecule has 28 heavy (non-hydrogen) atoms. The molecule has 3 aromatic rings. The molecule has 3 rings (SSSR count). The first-order chi connectivity index (χ1) is 13.7. The van der Waals surface area contributed by atoms with Crippen molar-refractivity contribution in [3.8, 4) is 0 Å². The summed E-state index contributed by atoms with van der Waals surface area (Å²) >= 11 is 0. The second kappa shape index (κ2) is 12.5. The van der Waals surface area contributed by atoms with E-state index in [1.54, 1.807) is 6.20 Å². The van der Waals surface area contributed by atoms with Crippen LogP contribution in [0, 0.1) is 6.92 Å².